The van der Waals surface area contributed by atoms with Crippen LogP contribution in [0.25, 0.3) is 0 Å². The van der Waals surface area contributed by atoms with Gasteiger partial charge in [-0.2, -0.15) is 0 Å². The second-order valence-corrected chi connectivity index (χ2v) is 5.00. The van der Waals surface area contributed by atoms with Crippen LogP contribution in [0.3, 0.4) is 0 Å². The van der Waals surface area contributed by atoms with Crippen LogP contribution in [-0.4, -0.2) is 47.1 Å². The smallest absolute Gasteiger partial charge is 0.320 e. The van der Waals surface area contributed by atoms with Crippen molar-refractivity contribution >= 4 is 17.8 Å². The van der Waals surface area contributed by atoms with Gasteiger partial charge < -0.3 is 9.80 Å². The molecule has 1 unspecified atom stereocenters. The number of carbonyl (C=O) groups is 1. The van der Waals surface area contributed by atoms with Crippen LogP contribution < -0.4 is 0 Å². The standard InChI is InChI=1S/C9H16N2OS/c1-8-2-3-10(6-8)9(12)11-4-5-13-7-11/h8H,2-7H2,1H3. The average Bonchev–Trinajstić information content (AvgIpc) is 2.72. The lowest BCUT2D eigenvalue weighted by Gasteiger charge is -2.23. The van der Waals surface area contributed by atoms with Crippen molar-refractivity contribution < 1.29 is 4.79 Å². The fraction of sp³-hybridized carbons (Fsp3) is 0.889. The molecule has 2 rings (SSSR count). The maximum absolute atomic E-state index is 11.8. The molecule has 0 saturated carbocycles. The monoisotopic (exact) mass is 200 g/mol. The molecular weight excluding hydrogens is 184 g/mol. The van der Waals surface area contributed by atoms with Crippen molar-refractivity contribution in [2.24, 2.45) is 5.92 Å². The van der Waals surface area contributed by atoms with Gasteiger partial charge in [0.05, 0.1) is 5.88 Å². The van der Waals surface area contributed by atoms with Crippen molar-refractivity contribution in [3.05, 3.63) is 0 Å². The number of urea groups is 1. The van der Waals surface area contributed by atoms with Gasteiger partial charge in [0, 0.05) is 25.4 Å². The minimum atomic E-state index is 0.259. The zero-order valence-electron chi connectivity index (χ0n) is 8.03. The summed E-state index contributed by atoms with van der Waals surface area (Å²) >= 11 is 1.85. The lowest BCUT2D eigenvalue weighted by molar-refractivity contribution is 0.174. The Morgan fingerprint density at radius 3 is 2.77 bits per heavy atom. The first-order valence-electron chi connectivity index (χ1n) is 4.89. The third-order valence-corrected chi connectivity index (χ3v) is 3.68. The molecule has 0 aliphatic carbocycles. The van der Waals surface area contributed by atoms with Gasteiger partial charge in [-0.25, -0.2) is 4.79 Å². The summed E-state index contributed by atoms with van der Waals surface area (Å²) in [6, 6.07) is 0.259. The first-order valence-corrected chi connectivity index (χ1v) is 6.04. The van der Waals surface area contributed by atoms with E-state index < -0.39 is 0 Å². The molecule has 0 spiro atoms. The zero-order valence-corrected chi connectivity index (χ0v) is 8.85. The minimum absolute atomic E-state index is 0.259. The van der Waals surface area contributed by atoms with Gasteiger partial charge in [-0.1, -0.05) is 6.92 Å². The van der Waals surface area contributed by atoms with Crippen molar-refractivity contribution in [1.82, 2.24) is 9.80 Å². The summed E-state index contributed by atoms with van der Waals surface area (Å²) in [5.74, 6) is 2.69. The molecule has 3 nitrogen and oxygen atoms in total. The molecule has 2 saturated heterocycles. The molecule has 4 heteroatoms. The Bertz CT molecular complexity index is 204. The number of nitrogens with zero attached hydrogens (tertiary/aromatic N) is 2. The molecule has 0 aromatic carbocycles. The van der Waals surface area contributed by atoms with Crippen LogP contribution in [0, 0.1) is 5.92 Å². The predicted molar refractivity (Wildman–Crippen MR) is 54.8 cm³/mol. The molecule has 13 heavy (non-hydrogen) atoms. The van der Waals surface area contributed by atoms with Gasteiger partial charge in [-0.3, -0.25) is 0 Å². The molecular formula is C9H16N2OS. The molecule has 1 atom stereocenters. The van der Waals surface area contributed by atoms with Crippen molar-refractivity contribution in [3.63, 3.8) is 0 Å². The number of hydrogen-bond donors (Lipinski definition) is 0. The van der Waals surface area contributed by atoms with E-state index in [0.29, 0.717) is 5.92 Å². The third kappa shape index (κ3) is 1.93. The summed E-state index contributed by atoms with van der Waals surface area (Å²) in [6.07, 6.45) is 1.17. The number of rotatable bonds is 0. The first-order chi connectivity index (χ1) is 6.27. The molecule has 0 radical (unpaired) electrons. The summed E-state index contributed by atoms with van der Waals surface area (Å²) < 4.78 is 0. The molecule has 2 amide bonds. The first kappa shape index (κ1) is 9.19. The molecule has 2 aliphatic rings. The van der Waals surface area contributed by atoms with Crippen LogP contribution in [0.5, 0.6) is 0 Å². The van der Waals surface area contributed by atoms with Crippen LogP contribution in [0.4, 0.5) is 4.79 Å². The summed E-state index contributed by atoms with van der Waals surface area (Å²) in [4.78, 5) is 15.8. The maximum atomic E-state index is 11.8. The Hall–Kier alpha value is -0.380. The highest BCUT2D eigenvalue weighted by molar-refractivity contribution is 7.99. The Morgan fingerprint density at radius 1 is 1.38 bits per heavy atom. The molecule has 2 heterocycles. The highest BCUT2D eigenvalue weighted by atomic mass is 32.2. The summed E-state index contributed by atoms with van der Waals surface area (Å²) in [5, 5.41) is 0. The SMILES string of the molecule is CC1CCN(C(=O)N2CCSC2)C1. The van der Waals surface area contributed by atoms with Crippen molar-refractivity contribution in [2.45, 2.75) is 13.3 Å². The summed E-state index contributed by atoms with van der Waals surface area (Å²) in [7, 11) is 0. The molecule has 0 aromatic rings. The van der Waals surface area contributed by atoms with Crippen LogP contribution in [0.2, 0.25) is 0 Å². The van der Waals surface area contributed by atoms with Crippen molar-refractivity contribution in [3.8, 4) is 0 Å². The van der Waals surface area contributed by atoms with Gasteiger partial charge in [-0.05, 0) is 12.3 Å². The van der Waals surface area contributed by atoms with Gasteiger partial charge in [0.15, 0.2) is 0 Å². The fourth-order valence-corrected chi connectivity index (χ4v) is 2.81. The Morgan fingerprint density at radius 2 is 2.23 bits per heavy atom. The molecule has 0 aromatic heterocycles. The van der Waals surface area contributed by atoms with Gasteiger partial charge in [0.2, 0.25) is 0 Å². The highest BCUT2D eigenvalue weighted by Gasteiger charge is 2.28. The van der Waals surface area contributed by atoms with Gasteiger partial charge >= 0.3 is 6.03 Å². The third-order valence-electron chi connectivity index (χ3n) is 2.72. The van der Waals surface area contributed by atoms with Crippen molar-refractivity contribution in [2.75, 3.05) is 31.3 Å². The van der Waals surface area contributed by atoms with E-state index in [-0.39, 0.29) is 6.03 Å². The van der Waals surface area contributed by atoms with E-state index >= 15 is 0 Å². The predicted octanol–water partition coefficient (Wildman–Crippen LogP) is 1.45. The van der Waals surface area contributed by atoms with Crippen LogP contribution in [-0.2, 0) is 0 Å². The van der Waals surface area contributed by atoms with Gasteiger partial charge in [0.25, 0.3) is 0 Å². The molecule has 2 aliphatic heterocycles. The highest BCUT2D eigenvalue weighted by Crippen LogP contribution is 2.20. The molecule has 0 bridgehead atoms. The molecule has 74 valence electrons. The second kappa shape index (κ2) is 3.78. The van der Waals surface area contributed by atoms with E-state index in [0.717, 1.165) is 31.3 Å². The van der Waals surface area contributed by atoms with E-state index in [1.807, 2.05) is 21.6 Å². The quantitative estimate of drug-likeness (QED) is 0.591. The van der Waals surface area contributed by atoms with Crippen LogP contribution >= 0.6 is 11.8 Å². The van der Waals surface area contributed by atoms with E-state index in [4.69, 9.17) is 0 Å². The summed E-state index contributed by atoms with van der Waals surface area (Å²) in [5.41, 5.74) is 0. The molecule has 0 N–H and O–H groups in total. The topological polar surface area (TPSA) is 23.6 Å². The summed E-state index contributed by atoms with van der Waals surface area (Å²) in [6.45, 7) is 5.07. The van der Waals surface area contributed by atoms with E-state index in [2.05, 4.69) is 6.92 Å². The minimum Gasteiger partial charge on any atom is -0.324 e. The number of amides is 2. The number of likely N-dealkylation sites (tertiary alicyclic amines) is 1. The lowest BCUT2D eigenvalue weighted by atomic mass is 10.2. The number of hydrogen-bond acceptors (Lipinski definition) is 2. The Kier molecular flexibility index (Phi) is 2.67. The number of carbonyl (C=O) groups excluding carboxylic acids is 1. The maximum Gasteiger partial charge on any atom is 0.320 e. The van der Waals surface area contributed by atoms with Crippen LogP contribution in [0.15, 0.2) is 0 Å². The van der Waals surface area contributed by atoms with Crippen LogP contribution in [0.1, 0.15) is 13.3 Å². The van der Waals surface area contributed by atoms with Crippen molar-refractivity contribution in [1.29, 1.82) is 0 Å². The lowest BCUT2D eigenvalue weighted by Crippen LogP contribution is -2.40. The largest absolute Gasteiger partial charge is 0.324 e. The van der Waals surface area contributed by atoms with Gasteiger partial charge in [0.1, 0.15) is 0 Å². The average molecular weight is 200 g/mol. The van der Waals surface area contributed by atoms with E-state index in [9.17, 15) is 4.79 Å². The molecule has 2 fully saturated rings. The van der Waals surface area contributed by atoms with E-state index in [1.165, 1.54) is 6.42 Å². The second-order valence-electron chi connectivity index (χ2n) is 3.92. The Balaban J connectivity index is 1.89. The fourth-order valence-electron chi connectivity index (χ4n) is 1.87. The normalized spacial score (nSPS) is 28.5. The number of thioether (sulfide) groups is 1. The zero-order chi connectivity index (χ0) is 9.26. The van der Waals surface area contributed by atoms with E-state index in [1.54, 1.807) is 0 Å². The van der Waals surface area contributed by atoms with Gasteiger partial charge in [-0.15, -0.1) is 11.8 Å². The Labute approximate surface area is 83.5 Å².